The molecule has 0 fully saturated rings. The molecule has 0 amide bonds. The van der Waals surface area contributed by atoms with E-state index in [4.69, 9.17) is 0 Å². The molecule has 0 aliphatic carbocycles. The molecule has 1 heterocycles. The topological polar surface area (TPSA) is 45.2 Å². The Bertz CT molecular complexity index is 548. The van der Waals surface area contributed by atoms with Gasteiger partial charge in [-0.2, -0.15) is 0 Å². The van der Waals surface area contributed by atoms with Crippen molar-refractivity contribution in [1.29, 1.82) is 0 Å². The van der Waals surface area contributed by atoms with Crippen LogP contribution in [0, 0.1) is 13.8 Å². The Morgan fingerprint density at radius 3 is 2.93 bits per heavy atom. The van der Waals surface area contributed by atoms with Crippen molar-refractivity contribution in [3.05, 3.63) is 35.0 Å². The molecule has 1 aromatic carbocycles. The summed E-state index contributed by atoms with van der Waals surface area (Å²) in [6, 6.07) is 6.03. The quantitative estimate of drug-likeness (QED) is 0.587. The lowest BCUT2D eigenvalue weighted by molar-refractivity contribution is 0.563. The van der Waals surface area contributed by atoms with Gasteiger partial charge in [0.1, 0.15) is 0 Å². The fraction of sp³-hybridized carbons (Fsp3) is 0.250. The number of hydrogen-bond donors (Lipinski definition) is 1. The first kappa shape index (κ1) is 9.69. The van der Waals surface area contributed by atoms with Crippen molar-refractivity contribution in [2.45, 2.75) is 20.4 Å². The first-order valence-electron chi connectivity index (χ1n) is 4.84. The number of nitrogens with one attached hydrogen (secondary N) is 1. The molecule has 3 heteroatoms. The number of para-hydroxylation sites is 1. The maximum atomic E-state index is 10.1. The maximum absolute atomic E-state index is 10.1. The van der Waals surface area contributed by atoms with Crippen molar-refractivity contribution in [3.8, 4) is 0 Å². The van der Waals surface area contributed by atoms with Gasteiger partial charge in [0.25, 0.3) is 0 Å². The average Bonchev–Trinajstić information content (AvgIpc) is 2.53. The van der Waals surface area contributed by atoms with Crippen LogP contribution in [0.25, 0.3) is 10.9 Å². The van der Waals surface area contributed by atoms with Gasteiger partial charge in [-0.15, -0.1) is 0 Å². The van der Waals surface area contributed by atoms with E-state index < -0.39 is 0 Å². The first-order chi connectivity index (χ1) is 7.24. The predicted molar refractivity (Wildman–Crippen MR) is 59.6 cm³/mol. The van der Waals surface area contributed by atoms with Crippen LogP contribution in [0.15, 0.2) is 23.2 Å². The van der Waals surface area contributed by atoms with E-state index in [0.29, 0.717) is 6.54 Å². The Balaban J connectivity index is 2.65. The van der Waals surface area contributed by atoms with Gasteiger partial charge in [0, 0.05) is 11.1 Å². The summed E-state index contributed by atoms with van der Waals surface area (Å²) in [5.41, 5.74) is 4.52. The first-order valence-corrected chi connectivity index (χ1v) is 4.84. The van der Waals surface area contributed by atoms with Gasteiger partial charge in [0.2, 0.25) is 6.08 Å². The molecule has 0 aliphatic rings. The summed E-state index contributed by atoms with van der Waals surface area (Å²) >= 11 is 0. The van der Waals surface area contributed by atoms with Gasteiger partial charge in [0.15, 0.2) is 0 Å². The molecule has 15 heavy (non-hydrogen) atoms. The lowest BCUT2D eigenvalue weighted by atomic mass is 10.1. The second-order valence-electron chi connectivity index (χ2n) is 3.62. The minimum Gasteiger partial charge on any atom is -0.358 e. The standard InChI is InChI=1S/C12H12N2O/c1-8-9(2)14-12-10(6-13-7-15)4-3-5-11(8)12/h3-5,14H,6H2,1-2H3. The zero-order valence-corrected chi connectivity index (χ0v) is 8.79. The molecular formula is C12H12N2O. The number of isocyanates is 1. The molecular weight excluding hydrogens is 188 g/mol. The van der Waals surface area contributed by atoms with Crippen molar-refractivity contribution in [2.24, 2.45) is 4.99 Å². The van der Waals surface area contributed by atoms with E-state index in [1.54, 1.807) is 6.08 Å². The van der Waals surface area contributed by atoms with E-state index in [2.05, 4.69) is 23.0 Å². The minimum atomic E-state index is 0.389. The Morgan fingerprint density at radius 1 is 1.40 bits per heavy atom. The van der Waals surface area contributed by atoms with Gasteiger partial charge < -0.3 is 4.98 Å². The maximum Gasteiger partial charge on any atom is 0.235 e. The number of nitrogens with zero attached hydrogens (tertiary/aromatic N) is 1. The van der Waals surface area contributed by atoms with E-state index in [-0.39, 0.29) is 0 Å². The molecule has 0 radical (unpaired) electrons. The van der Waals surface area contributed by atoms with Crippen LogP contribution >= 0.6 is 0 Å². The largest absolute Gasteiger partial charge is 0.358 e. The van der Waals surface area contributed by atoms with Crippen LogP contribution in [0.3, 0.4) is 0 Å². The van der Waals surface area contributed by atoms with E-state index in [9.17, 15) is 4.79 Å². The van der Waals surface area contributed by atoms with E-state index >= 15 is 0 Å². The van der Waals surface area contributed by atoms with Gasteiger partial charge >= 0.3 is 0 Å². The molecule has 2 rings (SSSR count). The number of aryl methyl sites for hydroxylation is 2. The lowest BCUT2D eigenvalue weighted by Crippen LogP contribution is -1.83. The number of aromatic amines is 1. The number of fused-ring (bicyclic) bond motifs is 1. The van der Waals surface area contributed by atoms with Crippen LogP contribution in [0.2, 0.25) is 0 Å². The molecule has 2 aromatic rings. The van der Waals surface area contributed by atoms with Crippen LogP contribution < -0.4 is 0 Å². The van der Waals surface area contributed by atoms with Crippen LogP contribution in [0.4, 0.5) is 0 Å². The van der Waals surface area contributed by atoms with Crippen molar-refractivity contribution < 1.29 is 4.79 Å². The summed E-state index contributed by atoms with van der Waals surface area (Å²) in [5.74, 6) is 0. The monoisotopic (exact) mass is 200 g/mol. The molecule has 0 atom stereocenters. The molecule has 0 saturated carbocycles. The second-order valence-corrected chi connectivity index (χ2v) is 3.62. The predicted octanol–water partition coefficient (Wildman–Crippen LogP) is 2.62. The number of rotatable bonds is 2. The summed E-state index contributed by atoms with van der Waals surface area (Å²) in [6.45, 7) is 4.52. The zero-order chi connectivity index (χ0) is 10.8. The van der Waals surface area contributed by atoms with Gasteiger partial charge in [0.05, 0.1) is 12.1 Å². The molecule has 3 nitrogen and oxygen atoms in total. The molecule has 0 aliphatic heterocycles. The summed E-state index contributed by atoms with van der Waals surface area (Å²) in [5, 5.41) is 1.20. The normalized spacial score (nSPS) is 10.3. The number of carbonyl (C=O) groups excluding carboxylic acids is 1. The molecule has 0 saturated heterocycles. The second kappa shape index (κ2) is 3.71. The van der Waals surface area contributed by atoms with E-state index in [0.717, 1.165) is 16.8 Å². The van der Waals surface area contributed by atoms with Crippen LogP contribution in [-0.2, 0) is 11.3 Å². The van der Waals surface area contributed by atoms with Crippen LogP contribution in [-0.4, -0.2) is 11.1 Å². The zero-order valence-electron chi connectivity index (χ0n) is 8.79. The SMILES string of the molecule is Cc1[nH]c2c(CN=C=O)cccc2c1C. The minimum absolute atomic E-state index is 0.389. The lowest BCUT2D eigenvalue weighted by Gasteiger charge is -1.97. The fourth-order valence-corrected chi connectivity index (χ4v) is 1.79. The number of H-pyrrole nitrogens is 1. The highest BCUT2D eigenvalue weighted by atomic mass is 16.1. The highest BCUT2D eigenvalue weighted by Gasteiger charge is 2.06. The average molecular weight is 200 g/mol. The van der Waals surface area contributed by atoms with Crippen molar-refractivity contribution in [1.82, 2.24) is 4.98 Å². The summed E-state index contributed by atoms with van der Waals surface area (Å²) in [4.78, 5) is 17.0. The summed E-state index contributed by atoms with van der Waals surface area (Å²) < 4.78 is 0. The molecule has 1 N–H and O–H groups in total. The van der Waals surface area contributed by atoms with Crippen LogP contribution in [0.1, 0.15) is 16.8 Å². The Kier molecular flexibility index (Phi) is 2.40. The third-order valence-corrected chi connectivity index (χ3v) is 2.74. The molecule has 0 unspecified atom stereocenters. The van der Waals surface area contributed by atoms with E-state index in [1.807, 2.05) is 19.1 Å². The Hall–Kier alpha value is -1.86. The molecule has 0 spiro atoms. The number of hydrogen-bond acceptors (Lipinski definition) is 2. The number of aromatic nitrogens is 1. The van der Waals surface area contributed by atoms with Gasteiger partial charge in [-0.1, -0.05) is 18.2 Å². The van der Waals surface area contributed by atoms with Crippen molar-refractivity contribution in [2.75, 3.05) is 0 Å². The van der Waals surface area contributed by atoms with Crippen molar-refractivity contribution in [3.63, 3.8) is 0 Å². The highest BCUT2D eigenvalue weighted by molar-refractivity contribution is 5.87. The van der Waals surface area contributed by atoms with Crippen molar-refractivity contribution >= 4 is 17.0 Å². The highest BCUT2D eigenvalue weighted by Crippen LogP contribution is 2.24. The number of benzene rings is 1. The number of aliphatic imine (C=N–C) groups is 1. The summed E-state index contributed by atoms with van der Waals surface area (Å²) in [6.07, 6.45) is 1.56. The van der Waals surface area contributed by atoms with Gasteiger partial charge in [-0.3, -0.25) is 0 Å². The van der Waals surface area contributed by atoms with Crippen LogP contribution in [0.5, 0.6) is 0 Å². The van der Waals surface area contributed by atoms with Gasteiger partial charge in [-0.25, -0.2) is 9.79 Å². The smallest absolute Gasteiger partial charge is 0.235 e. The Morgan fingerprint density at radius 2 is 2.20 bits per heavy atom. The third kappa shape index (κ3) is 1.58. The molecule has 76 valence electrons. The fourth-order valence-electron chi connectivity index (χ4n) is 1.79. The third-order valence-electron chi connectivity index (χ3n) is 2.74. The van der Waals surface area contributed by atoms with Gasteiger partial charge in [-0.05, 0) is 25.0 Å². The molecule has 0 bridgehead atoms. The Labute approximate surface area is 87.8 Å². The molecule has 1 aromatic heterocycles. The van der Waals surface area contributed by atoms with E-state index in [1.165, 1.54) is 10.9 Å². The summed E-state index contributed by atoms with van der Waals surface area (Å²) in [7, 11) is 0.